The van der Waals surface area contributed by atoms with Gasteiger partial charge in [0, 0.05) is 24.5 Å². The lowest BCUT2D eigenvalue weighted by atomic mass is 9.94. The molecule has 17 heavy (non-hydrogen) atoms. The Balaban J connectivity index is 1.82. The Morgan fingerprint density at radius 1 is 1.35 bits per heavy atom. The van der Waals surface area contributed by atoms with Crippen LogP contribution in [0.15, 0.2) is 27.9 Å². The van der Waals surface area contributed by atoms with Gasteiger partial charge in [-0.1, -0.05) is 11.6 Å². The SMILES string of the molecule is CC12CC(Cl)=CC=C1N=C(N1CCOCC1)O2. The molecule has 0 aromatic carbocycles. The third-order valence-corrected chi connectivity index (χ3v) is 3.54. The summed E-state index contributed by atoms with van der Waals surface area (Å²) in [6, 6.07) is 0.710. The van der Waals surface area contributed by atoms with Crippen molar-refractivity contribution in [1.82, 2.24) is 4.90 Å². The van der Waals surface area contributed by atoms with Gasteiger partial charge in [0.25, 0.3) is 6.02 Å². The van der Waals surface area contributed by atoms with Crippen molar-refractivity contribution in [3.05, 3.63) is 22.9 Å². The van der Waals surface area contributed by atoms with E-state index in [1.54, 1.807) is 0 Å². The summed E-state index contributed by atoms with van der Waals surface area (Å²) in [7, 11) is 0. The van der Waals surface area contributed by atoms with E-state index in [4.69, 9.17) is 21.1 Å². The van der Waals surface area contributed by atoms with Gasteiger partial charge in [-0.2, -0.15) is 4.99 Å². The summed E-state index contributed by atoms with van der Waals surface area (Å²) in [6.07, 6.45) is 4.53. The first-order valence-electron chi connectivity index (χ1n) is 5.85. The summed E-state index contributed by atoms with van der Waals surface area (Å²) < 4.78 is 11.3. The fraction of sp³-hybridized carbons (Fsp3) is 0.583. The van der Waals surface area contributed by atoms with E-state index in [0.717, 1.165) is 37.0 Å². The van der Waals surface area contributed by atoms with Crippen molar-refractivity contribution in [2.75, 3.05) is 26.3 Å². The second-order valence-electron chi connectivity index (χ2n) is 4.67. The maximum atomic E-state index is 6.06. The number of morpholine rings is 1. The van der Waals surface area contributed by atoms with Crippen molar-refractivity contribution in [2.45, 2.75) is 18.9 Å². The van der Waals surface area contributed by atoms with Gasteiger partial charge in [-0.3, -0.25) is 0 Å². The van der Waals surface area contributed by atoms with E-state index >= 15 is 0 Å². The maximum absolute atomic E-state index is 6.06. The molecule has 1 aliphatic carbocycles. The number of hydrogen-bond donors (Lipinski definition) is 0. The van der Waals surface area contributed by atoms with Crippen LogP contribution < -0.4 is 0 Å². The van der Waals surface area contributed by atoms with E-state index in [9.17, 15) is 0 Å². The molecule has 0 N–H and O–H groups in total. The van der Waals surface area contributed by atoms with Crippen molar-refractivity contribution >= 4 is 17.6 Å². The Morgan fingerprint density at radius 2 is 2.12 bits per heavy atom. The van der Waals surface area contributed by atoms with Crippen LogP contribution in [0.2, 0.25) is 0 Å². The summed E-state index contributed by atoms with van der Waals surface area (Å²) in [6.45, 7) is 5.17. The van der Waals surface area contributed by atoms with Gasteiger partial charge in [-0.15, -0.1) is 0 Å². The van der Waals surface area contributed by atoms with Gasteiger partial charge in [0.2, 0.25) is 0 Å². The highest BCUT2D eigenvalue weighted by Crippen LogP contribution is 2.39. The molecule has 0 aromatic heterocycles. The van der Waals surface area contributed by atoms with Gasteiger partial charge >= 0.3 is 0 Å². The first kappa shape index (κ1) is 11.1. The quantitative estimate of drug-likeness (QED) is 0.662. The van der Waals surface area contributed by atoms with Crippen molar-refractivity contribution < 1.29 is 9.47 Å². The molecule has 1 saturated heterocycles. The molecule has 0 aromatic rings. The number of allylic oxidation sites excluding steroid dienone is 2. The molecule has 1 fully saturated rings. The number of rotatable bonds is 0. The van der Waals surface area contributed by atoms with Gasteiger partial charge in [0.05, 0.1) is 18.9 Å². The van der Waals surface area contributed by atoms with E-state index in [-0.39, 0.29) is 5.60 Å². The number of ether oxygens (including phenoxy) is 2. The number of aliphatic imine (C=N–C) groups is 1. The third-order valence-electron chi connectivity index (χ3n) is 3.28. The lowest BCUT2D eigenvalue weighted by molar-refractivity contribution is 0.0414. The second kappa shape index (κ2) is 4.03. The largest absolute Gasteiger partial charge is 0.452 e. The minimum atomic E-state index is -0.389. The first-order valence-corrected chi connectivity index (χ1v) is 6.22. The van der Waals surface area contributed by atoms with Crippen molar-refractivity contribution in [3.63, 3.8) is 0 Å². The summed E-state index contributed by atoms with van der Waals surface area (Å²) in [4.78, 5) is 6.69. The topological polar surface area (TPSA) is 34.1 Å². The lowest BCUT2D eigenvalue weighted by Crippen LogP contribution is -2.43. The van der Waals surface area contributed by atoms with E-state index in [1.165, 1.54) is 0 Å². The second-order valence-corrected chi connectivity index (χ2v) is 5.15. The number of hydrogen-bond acceptors (Lipinski definition) is 4. The zero-order valence-corrected chi connectivity index (χ0v) is 10.5. The van der Waals surface area contributed by atoms with E-state index in [2.05, 4.69) is 9.89 Å². The summed E-state index contributed by atoms with van der Waals surface area (Å²) >= 11 is 6.06. The molecule has 1 atom stereocenters. The number of halogens is 1. The molecule has 3 rings (SSSR count). The fourth-order valence-electron chi connectivity index (χ4n) is 2.28. The molecule has 92 valence electrons. The summed E-state index contributed by atoms with van der Waals surface area (Å²) in [5, 5.41) is 0.815. The number of nitrogens with zero attached hydrogens (tertiary/aromatic N) is 2. The molecule has 0 amide bonds. The maximum Gasteiger partial charge on any atom is 0.293 e. The first-order chi connectivity index (χ1) is 8.17. The van der Waals surface area contributed by atoms with Crippen LogP contribution in [0.25, 0.3) is 0 Å². The highest BCUT2D eigenvalue weighted by Gasteiger charge is 2.42. The van der Waals surface area contributed by atoms with Crippen LogP contribution in [-0.4, -0.2) is 42.8 Å². The normalized spacial score (nSPS) is 32.4. The van der Waals surface area contributed by atoms with Crippen LogP contribution in [0.1, 0.15) is 13.3 Å². The predicted molar refractivity (Wildman–Crippen MR) is 66.0 cm³/mol. The fourth-order valence-corrected chi connectivity index (χ4v) is 2.60. The minimum absolute atomic E-state index is 0.389. The van der Waals surface area contributed by atoms with Crippen LogP contribution in [0.5, 0.6) is 0 Å². The van der Waals surface area contributed by atoms with Gasteiger partial charge in [-0.25, -0.2) is 0 Å². The van der Waals surface area contributed by atoms with Gasteiger partial charge in [0.15, 0.2) is 5.60 Å². The average molecular weight is 255 g/mol. The Bertz CT molecular complexity index is 424. The van der Waals surface area contributed by atoms with Gasteiger partial charge in [-0.05, 0) is 19.1 Å². The summed E-state index contributed by atoms with van der Waals surface area (Å²) in [5.41, 5.74) is 0.572. The Hall–Kier alpha value is -1.00. The molecular weight excluding hydrogens is 240 g/mol. The molecule has 0 radical (unpaired) electrons. The number of amidine groups is 1. The molecule has 0 bridgehead atoms. The lowest BCUT2D eigenvalue weighted by Gasteiger charge is -2.31. The molecule has 2 aliphatic heterocycles. The highest BCUT2D eigenvalue weighted by molar-refractivity contribution is 6.29. The average Bonchev–Trinajstić information content (AvgIpc) is 2.66. The summed E-state index contributed by atoms with van der Waals surface area (Å²) in [5.74, 6) is 0. The molecule has 4 nitrogen and oxygen atoms in total. The third kappa shape index (κ3) is 1.96. The van der Waals surface area contributed by atoms with Crippen LogP contribution in [0.3, 0.4) is 0 Å². The van der Waals surface area contributed by atoms with E-state index in [0.29, 0.717) is 12.4 Å². The molecule has 0 spiro atoms. The molecule has 1 unspecified atom stereocenters. The zero-order chi connectivity index (χ0) is 11.9. The molecule has 5 heteroatoms. The minimum Gasteiger partial charge on any atom is -0.452 e. The molecular formula is C12H15ClN2O2. The van der Waals surface area contributed by atoms with Crippen LogP contribution >= 0.6 is 11.6 Å². The van der Waals surface area contributed by atoms with Crippen molar-refractivity contribution in [1.29, 1.82) is 0 Å². The smallest absolute Gasteiger partial charge is 0.293 e. The van der Waals surface area contributed by atoms with Crippen LogP contribution in [0, 0.1) is 0 Å². The van der Waals surface area contributed by atoms with Crippen LogP contribution in [0.4, 0.5) is 0 Å². The monoisotopic (exact) mass is 254 g/mol. The number of fused-ring (bicyclic) bond motifs is 1. The Morgan fingerprint density at radius 3 is 2.88 bits per heavy atom. The molecule has 3 aliphatic rings. The van der Waals surface area contributed by atoms with Gasteiger partial charge in [0.1, 0.15) is 0 Å². The standard InChI is InChI=1S/C12H15ClN2O2/c1-12-8-9(13)2-3-10(12)14-11(17-12)15-4-6-16-7-5-15/h2-3H,4-8H2,1H3. The van der Waals surface area contributed by atoms with Crippen LogP contribution in [-0.2, 0) is 9.47 Å². The highest BCUT2D eigenvalue weighted by atomic mass is 35.5. The zero-order valence-electron chi connectivity index (χ0n) is 9.78. The van der Waals surface area contributed by atoms with Crippen molar-refractivity contribution in [3.8, 4) is 0 Å². The van der Waals surface area contributed by atoms with E-state index in [1.807, 2.05) is 19.1 Å². The van der Waals surface area contributed by atoms with Crippen molar-refractivity contribution in [2.24, 2.45) is 4.99 Å². The Kier molecular flexibility index (Phi) is 2.64. The molecule has 0 saturated carbocycles. The van der Waals surface area contributed by atoms with E-state index < -0.39 is 0 Å². The predicted octanol–water partition coefficient (Wildman–Crippen LogP) is 1.87. The molecule has 2 heterocycles. The Labute approximate surface area is 106 Å². The van der Waals surface area contributed by atoms with Gasteiger partial charge < -0.3 is 14.4 Å².